The molecule has 2 aromatic carbocycles. The summed E-state index contributed by atoms with van der Waals surface area (Å²) < 4.78 is 16.6. The molecule has 0 spiro atoms. The van der Waals surface area contributed by atoms with Gasteiger partial charge in [0.25, 0.3) is 11.8 Å². The molecule has 1 aromatic heterocycles. The Kier molecular flexibility index (Phi) is 5.84. The molecule has 0 saturated heterocycles. The first-order valence-electron chi connectivity index (χ1n) is 10.5. The lowest BCUT2D eigenvalue weighted by Gasteiger charge is -2.22. The van der Waals surface area contributed by atoms with E-state index in [1.165, 1.54) is 12.5 Å². The predicted octanol–water partition coefficient (Wildman–Crippen LogP) is 4.25. The molecule has 30 heavy (non-hydrogen) atoms. The Morgan fingerprint density at radius 2 is 1.83 bits per heavy atom. The summed E-state index contributed by atoms with van der Waals surface area (Å²) in [6.07, 6.45) is 7.09. The molecule has 1 aliphatic rings. The molecule has 6 heteroatoms. The van der Waals surface area contributed by atoms with Crippen LogP contribution >= 0.6 is 0 Å². The SMILES string of the molecule is CNC(=O)c1cccc(Cn2cc(C(=O)NC3CCCCC3)c3c(F)cccc32)c1. The average Bonchev–Trinajstić information content (AvgIpc) is 3.14. The fourth-order valence-corrected chi connectivity index (χ4v) is 4.27. The summed E-state index contributed by atoms with van der Waals surface area (Å²) in [5.41, 5.74) is 2.48. The van der Waals surface area contributed by atoms with Crippen LogP contribution in [0.3, 0.4) is 0 Å². The quantitative estimate of drug-likeness (QED) is 0.664. The Balaban J connectivity index is 1.67. The number of amides is 2. The Hall–Kier alpha value is -3.15. The first kappa shape index (κ1) is 20.1. The third kappa shape index (κ3) is 4.08. The summed E-state index contributed by atoms with van der Waals surface area (Å²) in [4.78, 5) is 24.9. The Labute approximate surface area is 175 Å². The van der Waals surface area contributed by atoms with Gasteiger partial charge in [-0.15, -0.1) is 0 Å². The summed E-state index contributed by atoms with van der Waals surface area (Å²) in [5.74, 6) is -0.790. The normalized spacial score (nSPS) is 14.6. The second kappa shape index (κ2) is 8.69. The zero-order valence-electron chi connectivity index (χ0n) is 17.1. The minimum absolute atomic E-state index is 0.153. The predicted molar refractivity (Wildman–Crippen MR) is 115 cm³/mol. The van der Waals surface area contributed by atoms with Gasteiger partial charge in [0.05, 0.1) is 11.1 Å². The first-order valence-corrected chi connectivity index (χ1v) is 10.5. The van der Waals surface area contributed by atoms with E-state index in [0.29, 0.717) is 28.6 Å². The molecular weight excluding hydrogens is 381 g/mol. The number of fused-ring (bicyclic) bond motifs is 1. The molecule has 0 radical (unpaired) electrons. The van der Waals surface area contributed by atoms with E-state index in [1.807, 2.05) is 28.8 Å². The number of hydrogen-bond acceptors (Lipinski definition) is 2. The summed E-state index contributed by atoms with van der Waals surface area (Å²) in [6.45, 7) is 0.432. The van der Waals surface area contributed by atoms with Crippen LogP contribution in [0.25, 0.3) is 10.9 Å². The van der Waals surface area contributed by atoms with Crippen LogP contribution in [0.2, 0.25) is 0 Å². The minimum Gasteiger partial charge on any atom is -0.355 e. The average molecular weight is 407 g/mol. The van der Waals surface area contributed by atoms with Crippen molar-refractivity contribution < 1.29 is 14.0 Å². The Morgan fingerprint density at radius 3 is 2.60 bits per heavy atom. The van der Waals surface area contributed by atoms with Crippen molar-refractivity contribution in [2.75, 3.05) is 7.05 Å². The molecule has 1 heterocycles. The number of aromatic nitrogens is 1. The zero-order valence-corrected chi connectivity index (χ0v) is 17.1. The molecule has 1 saturated carbocycles. The van der Waals surface area contributed by atoms with Gasteiger partial charge in [-0.1, -0.05) is 37.5 Å². The lowest BCUT2D eigenvalue weighted by Crippen LogP contribution is -2.36. The molecular formula is C24H26FN3O2. The van der Waals surface area contributed by atoms with E-state index in [9.17, 15) is 14.0 Å². The van der Waals surface area contributed by atoms with Crippen LogP contribution < -0.4 is 10.6 Å². The molecule has 0 aliphatic heterocycles. The van der Waals surface area contributed by atoms with Crippen molar-refractivity contribution in [3.63, 3.8) is 0 Å². The fraction of sp³-hybridized carbons (Fsp3) is 0.333. The third-order valence-electron chi connectivity index (χ3n) is 5.81. The Morgan fingerprint density at radius 1 is 1.07 bits per heavy atom. The van der Waals surface area contributed by atoms with E-state index in [-0.39, 0.29) is 17.9 Å². The van der Waals surface area contributed by atoms with Gasteiger partial charge in [-0.3, -0.25) is 9.59 Å². The smallest absolute Gasteiger partial charge is 0.253 e. The monoisotopic (exact) mass is 407 g/mol. The van der Waals surface area contributed by atoms with Gasteiger partial charge in [0.15, 0.2) is 0 Å². The number of rotatable bonds is 5. The molecule has 0 unspecified atom stereocenters. The molecule has 3 aromatic rings. The molecule has 1 aliphatic carbocycles. The number of nitrogens with zero attached hydrogens (tertiary/aromatic N) is 1. The van der Waals surface area contributed by atoms with Crippen molar-refractivity contribution in [3.05, 3.63) is 71.2 Å². The van der Waals surface area contributed by atoms with Crippen LogP contribution in [0.1, 0.15) is 58.4 Å². The summed E-state index contributed by atoms with van der Waals surface area (Å²) >= 11 is 0. The molecule has 4 rings (SSSR count). The highest BCUT2D eigenvalue weighted by Gasteiger charge is 2.22. The van der Waals surface area contributed by atoms with E-state index in [1.54, 1.807) is 25.4 Å². The molecule has 0 atom stereocenters. The maximum absolute atomic E-state index is 14.7. The van der Waals surface area contributed by atoms with Gasteiger partial charge in [-0.2, -0.15) is 0 Å². The number of benzene rings is 2. The van der Waals surface area contributed by atoms with Gasteiger partial charge in [0, 0.05) is 36.8 Å². The first-order chi connectivity index (χ1) is 14.6. The van der Waals surface area contributed by atoms with E-state index in [0.717, 1.165) is 31.2 Å². The van der Waals surface area contributed by atoms with Crippen molar-refractivity contribution in [1.29, 1.82) is 0 Å². The maximum atomic E-state index is 14.7. The highest BCUT2D eigenvalue weighted by molar-refractivity contribution is 6.07. The highest BCUT2D eigenvalue weighted by Crippen LogP contribution is 2.26. The molecule has 156 valence electrons. The maximum Gasteiger partial charge on any atom is 0.253 e. The van der Waals surface area contributed by atoms with Gasteiger partial charge in [-0.25, -0.2) is 4.39 Å². The summed E-state index contributed by atoms with van der Waals surface area (Å²) in [5, 5.41) is 6.05. The number of hydrogen-bond donors (Lipinski definition) is 2. The molecule has 0 bridgehead atoms. The summed E-state index contributed by atoms with van der Waals surface area (Å²) in [7, 11) is 1.59. The van der Waals surface area contributed by atoms with Crippen molar-refractivity contribution in [3.8, 4) is 0 Å². The number of carbonyl (C=O) groups excluding carboxylic acids is 2. The van der Waals surface area contributed by atoms with Crippen LogP contribution in [0.5, 0.6) is 0 Å². The number of carbonyl (C=O) groups is 2. The standard InChI is InChI=1S/C24H26FN3O2/c1-26-23(29)17-8-5-7-16(13-17)14-28-15-19(22-20(25)11-6-12-21(22)28)24(30)27-18-9-3-2-4-10-18/h5-8,11-13,15,18H,2-4,9-10,14H2,1H3,(H,26,29)(H,27,30). The molecule has 5 nitrogen and oxygen atoms in total. The van der Waals surface area contributed by atoms with Gasteiger partial charge in [0.2, 0.25) is 0 Å². The van der Waals surface area contributed by atoms with Gasteiger partial charge < -0.3 is 15.2 Å². The Bertz CT molecular complexity index is 1080. The van der Waals surface area contributed by atoms with Crippen molar-refractivity contribution in [1.82, 2.24) is 15.2 Å². The largest absolute Gasteiger partial charge is 0.355 e. The fourth-order valence-electron chi connectivity index (χ4n) is 4.27. The minimum atomic E-state index is -0.404. The van der Waals surface area contributed by atoms with Crippen LogP contribution in [-0.2, 0) is 6.54 Å². The summed E-state index contributed by atoms with van der Waals surface area (Å²) in [6, 6.07) is 12.3. The van der Waals surface area contributed by atoms with Crippen LogP contribution in [0.15, 0.2) is 48.7 Å². The van der Waals surface area contributed by atoms with E-state index < -0.39 is 5.82 Å². The van der Waals surface area contributed by atoms with Crippen LogP contribution in [0.4, 0.5) is 4.39 Å². The molecule has 2 N–H and O–H groups in total. The van der Waals surface area contributed by atoms with Crippen molar-refractivity contribution in [2.45, 2.75) is 44.7 Å². The van der Waals surface area contributed by atoms with E-state index >= 15 is 0 Å². The lowest BCUT2D eigenvalue weighted by molar-refractivity contribution is 0.0927. The van der Waals surface area contributed by atoms with Gasteiger partial charge in [-0.05, 0) is 42.7 Å². The van der Waals surface area contributed by atoms with E-state index in [4.69, 9.17) is 0 Å². The van der Waals surface area contributed by atoms with Crippen molar-refractivity contribution in [2.24, 2.45) is 0 Å². The topological polar surface area (TPSA) is 63.1 Å². The number of halogens is 1. The third-order valence-corrected chi connectivity index (χ3v) is 5.81. The zero-order chi connectivity index (χ0) is 21.1. The number of nitrogens with one attached hydrogen (secondary N) is 2. The van der Waals surface area contributed by atoms with Crippen LogP contribution in [-0.4, -0.2) is 29.5 Å². The lowest BCUT2D eigenvalue weighted by atomic mass is 9.95. The van der Waals surface area contributed by atoms with E-state index in [2.05, 4.69) is 10.6 Å². The highest BCUT2D eigenvalue weighted by atomic mass is 19.1. The van der Waals surface area contributed by atoms with Gasteiger partial charge in [0.1, 0.15) is 5.82 Å². The second-order valence-electron chi connectivity index (χ2n) is 7.89. The molecule has 2 amide bonds. The van der Waals surface area contributed by atoms with Crippen molar-refractivity contribution >= 4 is 22.7 Å². The molecule has 1 fully saturated rings. The van der Waals surface area contributed by atoms with Crippen LogP contribution in [0, 0.1) is 5.82 Å². The van der Waals surface area contributed by atoms with Gasteiger partial charge >= 0.3 is 0 Å². The second-order valence-corrected chi connectivity index (χ2v) is 7.89.